The van der Waals surface area contributed by atoms with Crippen molar-refractivity contribution in [2.45, 2.75) is 17.9 Å². The molecule has 0 bridgehead atoms. The van der Waals surface area contributed by atoms with Gasteiger partial charge in [-0.3, -0.25) is 4.79 Å². The van der Waals surface area contributed by atoms with Gasteiger partial charge in [0.1, 0.15) is 0 Å². The average molecular weight is 417 g/mol. The summed E-state index contributed by atoms with van der Waals surface area (Å²) in [4.78, 5) is 12.4. The van der Waals surface area contributed by atoms with Crippen LogP contribution in [0, 0.1) is 0 Å². The van der Waals surface area contributed by atoms with E-state index in [-0.39, 0.29) is 28.1 Å². The van der Waals surface area contributed by atoms with Crippen LogP contribution in [0.4, 0.5) is 5.69 Å². The average Bonchev–Trinajstić information content (AvgIpc) is 2.57. The van der Waals surface area contributed by atoms with E-state index in [2.05, 4.69) is 10.0 Å². The lowest BCUT2D eigenvalue weighted by Crippen LogP contribution is -2.35. The normalized spacial score (nSPS) is 12.6. The first-order valence-electron chi connectivity index (χ1n) is 7.60. The minimum absolute atomic E-state index is 0.0826. The molecule has 0 fully saturated rings. The Morgan fingerprint density at radius 1 is 1.15 bits per heavy atom. The molecule has 0 heterocycles. The summed E-state index contributed by atoms with van der Waals surface area (Å²) in [7, 11) is -2.18. The summed E-state index contributed by atoms with van der Waals surface area (Å²) in [6.45, 7) is 1.96. The van der Waals surface area contributed by atoms with Gasteiger partial charge in [-0.15, -0.1) is 0 Å². The Bertz CT molecular complexity index is 886. The summed E-state index contributed by atoms with van der Waals surface area (Å²) in [5.74, 6) is -0.444. The highest BCUT2D eigenvalue weighted by atomic mass is 35.5. The van der Waals surface area contributed by atoms with Crippen molar-refractivity contribution >= 4 is 44.8 Å². The molecule has 0 aromatic heterocycles. The number of halogens is 2. The van der Waals surface area contributed by atoms with Crippen molar-refractivity contribution in [3.8, 4) is 0 Å². The zero-order valence-electron chi connectivity index (χ0n) is 14.1. The van der Waals surface area contributed by atoms with Gasteiger partial charge in [0.2, 0.25) is 10.0 Å². The summed E-state index contributed by atoms with van der Waals surface area (Å²) in [5.41, 5.74) is 0.654. The van der Waals surface area contributed by atoms with Crippen LogP contribution >= 0.6 is 23.2 Å². The van der Waals surface area contributed by atoms with Crippen LogP contribution in [0.2, 0.25) is 10.0 Å². The van der Waals surface area contributed by atoms with Gasteiger partial charge in [-0.1, -0.05) is 23.2 Å². The van der Waals surface area contributed by atoms with Gasteiger partial charge in [-0.2, -0.15) is 0 Å². The Hall–Kier alpha value is -1.64. The first-order chi connectivity index (χ1) is 12.2. The maximum atomic E-state index is 12.3. The number of methoxy groups -OCH3 is 1. The number of nitrogens with one attached hydrogen (secondary N) is 2. The second kappa shape index (κ2) is 8.83. The quantitative estimate of drug-likeness (QED) is 0.722. The van der Waals surface area contributed by atoms with E-state index in [0.717, 1.165) is 0 Å². The lowest BCUT2D eigenvalue weighted by Gasteiger charge is -2.13. The minimum atomic E-state index is -3.67. The van der Waals surface area contributed by atoms with Crippen LogP contribution in [-0.4, -0.2) is 34.1 Å². The molecule has 0 saturated heterocycles. The molecule has 2 rings (SSSR count). The van der Waals surface area contributed by atoms with E-state index in [4.69, 9.17) is 27.9 Å². The SMILES string of the molecule is COCC(C)NS(=O)(=O)c1ccc(NC(=O)c2cc(Cl)ccc2Cl)cc1. The van der Waals surface area contributed by atoms with Crippen LogP contribution in [0.5, 0.6) is 0 Å². The highest BCUT2D eigenvalue weighted by molar-refractivity contribution is 7.89. The van der Waals surface area contributed by atoms with Crippen molar-refractivity contribution in [1.82, 2.24) is 4.72 Å². The van der Waals surface area contributed by atoms with E-state index in [1.807, 2.05) is 0 Å². The lowest BCUT2D eigenvalue weighted by atomic mass is 10.2. The van der Waals surface area contributed by atoms with Gasteiger partial charge in [0.15, 0.2) is 0 Å². The number of hydrogen-bond acceptors (Lipinski definition) is 4. The largest absolute Gasteiger partial charge is 0.383 e. The molecule has 0 saturated carbocycles. The summed E-state index contributed by atoms with van der Waals surface area (Å²) < 4.78 is 32.0. The Morgan fingerprint density at radius 3 is 2.42 bits per heavy atom. The molecular weight excluding hydrogens is 399 g/mol. The lowest BCUT2D eigenvalue weighted by molar-refractivity contribution is 0.102. The van der Waals surface area contributed by atoms with Gasteiger partial charge in [0.05, 0.1) is 22.1 Å². The summed E-state index contributed by atoms with van der Waals surface area (Å²) in [6, 6.07) is 9.99. The molecule has 0 radical (unpaired) electrons. The molecule has 1 amide bonds. The number of ether oxygens (including phenoxy) is 1. The zero-order chi connectivity index (χ0) is 19.3. The monoisotopic (exact) mass is 416 g/mol. The fourth-order valence-electron chi connectivity index (χ4n) is 2.20. The highest BCUT2D eigenvalue weighted by Gasteiger charge is 2.17. The number of benzene rings is 2. The topological polar surface area (TPSA) is 84.5 Å². The summed E-state index contributed by atoms with van der Waals surface area (Å²) >= 11 is 11.9. The standard InChI is InChI=1S/C17H18Cl2N2O4S/c1-11(10-25-2)21-26(23,24)14-6-4-13(5-7-14)20-17(22)15-9-12(18)3-8-16(15)19/h3-9,11,21H,10H2,1-2H3,(H,20,22). The molecule has 1 atom stereocenters. The highest BCUT2D eigenvalue weighted by Crippen LogP contribution is 2.22. The van der Waals surface area contributed by atoms with Crippen molar-refractivity contribution in [1.29, 1.82) is 0 Å². The Kier molecular flexibility index (Phi) is 7.02. The van der Waals surface area contributed by atoms with E-state index in [0.29, 0.717) is 10.7 Å². The number of carbonyl (C=O) groups is 1. The van der Waals surface area contributed by atoms with E-state index < -0.39 is 15.9 Å². The number of rotatable bonds is 7. The molecular formula is C17H18Cl2N2O4S. The van der Waals surface area contributed by atoms with Crippen LogP contribution in [0.15, 0.2) is 47.4 Å². The molecule has 26 heavy (non-hydrogen) atoms. The third-order valence-corrected chi connectivity index (χ3v) is 5.54. The fraction of sp³-hybridized carbons (Fsp3) is 0.235. The molecule has 0 aliphatic heterocycles. The van der Waals surface area contributed by atoms with Gasteiger partial charge in [0.25, 0.3) is 5.91 Å². The number of amides is 1. The molecule has 140 valence electrons. The second-order valence-electron chi connectivity index (χ2n) is 5.58. The number of hydrogen-bond donors (Lipinski definition) is 2. The van der Waals surface area contributed by atoms with Gasteiger partial charge < -0.3 is 10.1 Å². The Balaban J connectivity index is 2.12. The van der Waals surface area contributed by atoms with Crippen molar-refractivity contribution in [2.75, 3.05) is 19.0 Å². The van der Waals surface area contributed by atoms with E-state index in [1.54, 1.807) is 13.0 Å². The maximum absolute atomic E-state index is 12.3. The molecule has 9 heteroatoms. The van der Waals surface area contributed by atoms with E-state index >= 15 is 0 Å². The van der Waals surface area contributed by atoms with E-state index in [9.17, 15) is 13.2 Å². The van der Waals surface area contributed by atoms with Crippen molar-refractivity contribution in [2.24, 2.45) is 0 Å². The Morgan fingerprint density at radius 2 is 1.81 bits per heavy atom. The van der Waals surface area contributed by atoms with Crippen LogP contribution in [-0.2, 0) is 14.8 Å². The van der Waals surface area contributed by atoms with Gasteiger partial charge in [-0.05, 0) is 49.4 Å². The number of anilines is 1. The third kappa shape index (κ3) is 5.43. The molecule has 0 aliphatic carbocycles. The predicted octanol–water partition coefficient (Wildman–Crippen LogP) is 3.56. The maximum Gasteiger partial charge on any atom is 0.257 e. The molecule has 0 aliphatic rings. The molecule has 2 N–H and O–H groups in total. The second-order valence-corrected chi connectivity index (χ2v) is 8.14. The van der Waals surface area contributed by atoms with Crippen LogP contribution in [0.1, 0.15) is 17.3 Å². The van der Waals surface area contributed by atoms with Crippen LogP contribution < -0.4 is 10.0 Å². The van der Waals surface area contributed by atoms with Crippen molar-refractivity contribution < 1.29 is 17.9 Å². The summed E-state index contributed by atoms with van der Waals surface area (Å²) in [6.07, 6.45) is 0. The molecule has 2 aromatic rings. The number of sulfonamides is 1. The number of carbonyl (C=O) groups excluding carboxylic acids is 1. The van der Waals surface area contributed by atoms with Gasteiger partial charge in [-0.25, -0.2) is 13.1 Å². The minimum Gasteiger partial charge on any atom is -0.383 e. The van der Waals surface area contributed by atoms with Crippen molar-refractivity contribution in [3.05, 3.63) is 58.1 Å². The first kappa shape index (κ1) is 20.7. The fourth-order valence-corrected chi connectivity index (χ4v) is 3.81. The van der Waals surface area contributed by atoms with Crippen molar-refractivity contribution in [3.63, 3.8) is 0 Å². The molecule has 6 nitrogen and oxygen atoms in total. The predicted molar refractivity (Wildman–Crippen MR) is 103 cm³/mol. The molecule has 2 aromatic carbocycles. The third-order valence-electron chi connectivity index (χ3n) is 3.37. The van der Waals surface area contributed by atoms with E-state index in [1.165, 1.54) is 43.5 Å². The van der Waals surface area contributed by atoms with Gasteiger partial charge >= 0.3 is 0 Å². The van der Waals surface area contributed by atoms with Crippen LogP contribution in [0.3, 0.4) is 0 Å². The van der Waals surface area contributed by atoms with Crippen LogP contribution in [0.25, 0.3) is 0 Å². The smallest absolute Gasteiger partial charge is 0.257 e. The first-order valence-corrected chi connectivity index (χ1v) is 9.84. The Labute approximate surface area is 162 Å². The summed E-state index contributed by atoms with van der Waals surface area (Å²) in [5, 5.41) is 3.30. The molecule has 0 spiro atoms. The zero-order valence-corrected chi connectivity index (χ0v) is 16.5. The van der Waals surface area contributed by atoms with Gasteiger partial charge in [0, 0.05) is 23.9 Å². The molecule has 1 unspecified atom stereocenters.